The van der Waals surface area contributed by atoms with Gasteiger partial charge in [-0.05, 0) is 0 Å². The third-order valence-electron chi connectivity index (χ3n) is 1.94. The molecule has 1 aliphatic heterocycles. The molecule has 1 rings (SSSR count). The number of morpholine rings is 1. The second-order valence-electron chi connectivity index (χ2n) is 3.00. The van der Waals surface area contributed by atoms with Gasteiger partial charge in [-0.15, -0.1) is 0 Å². The zero-order valence-corrected chi connectivity index (χ0v) is 7.05. The molecule has 0 radical (unpaired) electrons. The lowest BCUT2D eigenvalue weighted by atomic mass is 10.2. The Balaban J connectivity index is 2.45. The maximum Gasteiger partial charge on any atom is 0.401 e. The number of aliphatic hydroxyl groups is 1. The molecule has 1 heterocycles. The normalized spacial score (nSPS) is 26.3. The van der Waals surface area contributed by atoms with Gasteiger partial charge in [-0.25, -0.2) is 0 Å². The van der Waals surface area contributed by atoms with Crippen molar-refractivity contribution in [3.8, 4) is 0 Å². The molecule has 0 aromatic heterocycles. The van der Waals surface area contributed by atoms with E-state index >= 15 is 0 Å². The summed E-state index contributed by atoms with van der Waals surface area (Å²) in [6.45, 7) is -0.568. The molecule has 1 aliphatic rings. The average molecular weight is 199 g/mol. The van der Waals surface area contributed by atoms with Crippen LogP contribution in [0.5, 0.6) is 0 Å². The third-order valence-corrected chi connectivity index (χ3v) is 1.94. The Morgan fingerprint density at radius 3 is 2.69 bits per heavy atom. The third kappa shape index (κ3) is 3.50. The first-order valence-corrected chi connectivity index (χ1v) is 4.02. The highest BCUT2D eigenvalue weighted by atomic mass is 19.4. The first kappa shape index (κ1) is 10.7. The lowest BCUT2D eigenvalue weighted by Crippen LogP contribution is -2.50. The second-order valence-corrected chi connectivity index (χ2v) is 3.00. The predicted octanol–water partition coefficient (Wildman–Crippen LogP) is 0.242. The quantitative estimate of drug-likeness (QED) is 0.691. The number of rotatable bonds is 2. The number of ether oxygens (including phenoxy) is 1. The Bertz CT molecular complexity index is 162. The van der Waals surface area contributed by atoms with Gasteiger partial charge in [0.25, 0.3) is 0 Å². The summed E-state index contributed by atoms with van der Waals surface area (Å²) in [4.78, 5) is 1.20. The van der Waals surface area contributed by atoms with Gasteiger partial charge in [0.15, 0.2) is 0 Å². The summed E-state index contributed by atoms with van der Waals surface area (Å²) in [6.07, 6.45) is -4.20. The van der Waals surface area contributed by atoms with Crippen LogP contribution in [-0.2, 0) is 4.74 Å². The highest BCUT2D eigenvalue weighted by molar-refractivity contribution is 4.76. The molecule has 78 valence electrons. The number of hydrogen-bond acceptors (Lipinski definition) is 3. The summed E-state index contributed by atoms with van der Waals surface area (Å²) in [5.74, 6) is 0. The number of hydrogen-bond donors (Lipinski definition) is 1. The van der Waals surface area contributed by atoms with E-state index in [-0.39, 0.29) is 19.8 Å². The molecule has 0 aromatic carbocycles. The van der Waals surface area contributed by atoms with E-state index in [1.54, 1.807) is 0 Å². The van der Waals surface area contributed by atoms with Gasteiger partial charge >= 0.3 is 6.18 Å². The van der Waals surface area contributed by atoms with Crippen LogP contribution in [0.1, 0.15) is 0 Å². The Morgan fingerprint density at radius 1 is 1.46 bits per heavy atom. The Morgan fingerprint density at radius 2 is 2.15 bits per heavy atom. The van der Waals surface area contributed by atoms with Crippen molar-refractivity contribution in [2.24, 2.45) is 0 Å². The Kier molecular flexibility index (Phi) is 3.52. The van der Waals surface area contributed by atoms with Gasteiger partial charge < -0.3 is 9.84 Å². The molecule has 1 saturated heterocycles. The molecule has 0 spiro atoms. The minimum Gasteiger partial charge on any atom is -0.395 e. The monoisotopic (exact) mass is 199 g/mol. The van der Waals surface area contributed by atoms with Crippen molar-refractivity contribution in [2.75, 3.05) is 32.9 Å². The van der Waals surface area contributed by atoms with E-state index < -0.39 is 18.8 Å². The largest absolute Gasteiger partial charge is 0.401 e. The van der Waals surface area contributed by atoms with Crippen molar-refractivity contribution < 1.29 is 23.0 Å². The zero-order chi connectivity index (χ0) is 9.90. The average Bonchev–Trinajstić information content (AvgIpc) is 2.02. The van der Waals surface area contributed by atoms with Gasteiger partial charge in [0, 0.05) is 6.54 Å². The van der Waals surface area contributed by atoms with Crippen LogP contribution in [0.4, 0.5) is 13.2 Å². The Labute approximate surface area is 74.1 Å². The minimum atomic E-state index is -4.20. The van der Waals surface area contributed by atoms with E-state index in [4.69, 9.17) is 9.84 Å². The standard InChI is InChI=1S/C7H12F3NO2/c8-7(9,10)5-11-1-2-13-4-6(11)3-12/h6,12H,1-5H2. The molecule has 0 amide bonds. The molecule has 1 N–H and O–H groups in total. The van der Waals surface area contributed by atoms with E-state index in [1.807, 2.05) is 0 Å². The topological polar surface area (TPSA) is 32.7 Å². The van der Waals surface area contributed by atoms with Crippen LogP contribution in [-0.4, -0.2) is 55.1 Å². The van der Waals surface area contributed by atoms with Crippen LogP contribution in [0.15, 0.2) is 0 Å². The Hall–Kier alpha value is -0.330. The van der Waals surface area contributed by atoms with Gasteiger partial charge in [0.1, 0.15) is 0 Å². The first-order valence-electron chi connectivity index (χ1n) is 4.02. The molecule has 0 saturated carbocycles. The molecule has 6 heteroatoms. The molecule has 1 unspecified atom stereocenters. The molecule has 3 nitrogen and oxygen atoms in total. The molecule has 0 aromatic rings. The van der Waals surface area contributed by atoms with E-state index in [0.717, 1.165) is 0 Å². The fraction of sp³-hybridized carbons (Fsp3) is 1.00. The fourth-order valence-electron chi connectivity index (χ4n) is 1.30. The maximum atomic E-state index is 12.0. The first-order chi connectivity index (χ1) is 6.03. The summed E-state index contributed by atoms with van der Waals surface area (Å²) >= 11 is 0. The summed E-state index contributed by atoms with van der Waals surface area (Å²) in [5, 5.41) is 8.77. The SMILES string of the molecule is OCC1COCCN1CC(F)(F)F. The molecule has 1 atom stereocenters. The van der Waals surface area contributed by atoms with Crippen molar-refractivity contribution in [1.29, 1.82) is 0 Å². The van der Waals surface area contributed by atoms with Crippen molar-refractivity contribution >= 4 is 0 Å². The van der Waals surface area contributed by atoms with Crippen LogP contribution in [0.2, 0.25) is 0 Å². The van der Waals surface area contributed by atoms with Crippen LogP contribution in [0.3, 0.4) is 0 Å². The molecular formula is C7H12F3NO2. The van der Waals surface area contributed by atoms with Crippen molar-refractivity contribution in [3.05, 3.63) is 0 Å². The lowest BCUT2D eigenvalue weighted by molar-refractivity contribution is -0.164. The van der Waals surface area contributed by atoms with E-state index in [2.05, 4.69) is 0 Å². The van der Waals surface area contributed by atoms with Crippen LogP contribution in [0, 0.1) is 0 Å². The van der Waals surface area contributed by atoms with Crippen LogP contribution < -0.4 is 0 Å². The number of aliphatic hydroxyl groups excluding tert-OH is 1. The fourth-order valence-corrected chi connectivity index (χ4v) is 1.30. The van der Waals surface area contributed by atoms with Gasteiger partial charge in [-0.3, -0.25) is 4.90 Å². The lowest BCUT2D eigenvalue weighted by Gasteiger charge is -2.34. The number of nitrogens with zero attached hydrogens (tertiary/aromatic N) is 1. The molecule has 0 bridgehead atoms. The molecule has 0 aliphatic carbocycles. The van der Waals surface area contributed by atoms with Crippen LogP contribution in [0.25, 0.3) is 0 Å². The van der Waals surface area contributed by atoms with Gasteiger partial charge in [0.2, 0.25) is 0 Å². The van der Waals surface area contributed by atoms with Gasteiger partial charge in [-0.1, -0.05) is 0 Å². The summed E-state index contributed by atoms with van der Waals surface area (Å²) in [7, 11) is 0. The minimum absolute atomic E-state index is 0.173. The highest BCUT2D eigenvalue weighted by Gasteiger charge is 2.34. The zero-order valence-electron chi connectivity index (χ0n) is 7.05. The summed E-state index contributed by atoms with van der Waals surface area (Å²) in [5.41, 5.74) is 0. The van der Waals surface area contributed by atoms with Crippen molar-refractivity contribution in [1.82, 2.24) is 4.90 Å². The van der Waals surface area contributed by atoms with Crippen LogP contribution >= 0.6 is 0 Å². The maximum absolute atomic E-state index is 12.0. The van der Waals surface area contributed by atoms with Gasteiger partial charge in [-0.2, -0.15) is 13.2 Å². The highest BCUT2D eigenvalue weighted by Crippen LogP contribution is 2.19. The van der Waals surface area contributed by atoms with E-state index in [0.29, 0.717) is 6.61 Å². The van der Waals surface area contributed by atoms with Crippen molar-refractivity contribution in [3.63, 3.8) is 0 Å². The number of halogens is 3. The summed E-state index contributed by atoms with van der Waals surface area (Å²) < 4.78 is 40.9. The molecule has 13 heavy (non-hydrogen) atoms. The second kappa shape index (κ2) is 4.26. The number of alkyl halides is 3. The summed E-state index contributed by atoms with van der Waals surface area (Å²) in [6, 6.07) is -0.518. The van der Waals surface area contributed by atoms with Gasteiger partial charge in [0.05, 0.1) is 32.4 Å². The van der Waals surface area contributed by atoms with Crippen molar-refractivity contribution in [2.45, 2.75) is 12.2 Å². The van der Waals surface area contributed by atoms with E-state index in [9.17, 15) is 13.2 Å². The predicted molar refractivity (Wildman–Crippen MR) is 39.3 cm³/mol. The smallest absolute Gasteiger partial charge is 0.395 e. The molecular weight excluding hydrogens is 187 g/mol. The molecule has 1 fully saturated rings. The van der Waals surface area contributed by atoms with E-state index in [1.165, 1.54) is 4.90 Å².